The molecule has 0 amide bonds. The van der Waals surface area contributed by atoms with Gasteiger partial charge in [-0.1, -0.05) is 0 Å². The van der Waals surface area contributed by atoms with Crippen LogP contribution >= 0.6 is 0 Å². The molecule has 1 atom stereocenters. The van der Waals surface area contributed by atoms with Crippen LogP contribution in [-0.4, -0.2) is 28.0 Å². The lowest BCUT2D eigenvalue weighted by atomic mass is 10.4. The first kappa shape index (κ1) is 8.23. The molecule has 0 aliphatic carbocycles. The average molecular weight is 156 g/mol. The van der Waals surface area contributed by atoms with Gasteiger partial charge in [-0.3, -0.25) is 0 Å². The van der Waals surface area contributed by atoms with Crippen LogP contribution in [0.1, 0.15) is 12.7 Å². The average Bonchev–Trinajstić information content (AvgIpc) is 2.40. The number of aliphatic hydroxyl groups excluding tert-OH is 1. The van der Waals surface area contributed by atoms with E-state index in [1.54, 1.807) is 12.4 Å². The first-order valence-corrected chi connectivity index (χ1v) is 3.61. The van der Waals surface area contributed by atoms with Gasteiger partial charge < -0.3 is 14.8 Å². The first-order valence-electron chi connectivity index (χ1n) is 3.61. The highest BCUT2D eigenvalue weighted by Gasteiger charge is 2.04. The summed E-state index contributed by atoms with van der Waals surface area (Å²) in [5, 5.41) is 9.14. The summed E-state index contributed by atoms with van der Waals surface area (Å²) in [5.74, 6) is 0.742. The summed E-state index contributed by atoms with van der Waals surface area (Å²) in [6.07, 6.45) is 3.04. The van der Waals surface area contributed by atoms with Gasteiger partial charge in [0.15, 0.2) is 6.29 Å². The molecule has 4 nitrogen and oxygen atoms in total. The number of aromatic nitrogens is 2. The van der Waals surface area contributed by atoms with Gasteiger partial charge in [-0.15, -0.1) is 0 Å². The molecule has 1 aromatic heterocycles. The van der Waals surface area contributed by atoms with Crippen LogP contribution in [0, 0.1) is 0 Å². The summed E-state index contributed by atoms with van der Waals surface area (Å²) >= 11 is 0. The molecule has 0 spiro atoms. The minimum atomic E-state index is -0.744. The van der Waals surface area contributed by atoms with Gasteiger partial charge in [-0.2, -0.15) is 0 Å². The second-order valence-corrected chi connectivity index (χ2v) is 2.15. The van der Waals surface area contributed by atoms with Crippen molar-refractivity contribution in [2.45, 2.75) is 19.6 Å². The van der Waals surface area contributed by atoms with E-state index in [9.17, 15) is 0 Å². The van der Waals surface area contributed by atoms with Crippen LogP contribution in [0.3, 0.4) is 0 Å². The highest BCUT2D eigenvalue weighted by molar-refractivity contribution is 4.87. The standard InChI is InChI=1S/C7H12N2O2/c1-2-11-7(10)5-6-8-3-4-9-6/h3-4,7,10H,2,5H2,1H3,(H,8,9). The summed E-state index contributed by atoms with van der Waals surface area (Å²) in [5.41, 5.74) is 0. The third-order valence-electron chi connectivity index (χ3n) is 1.28. The molecule has 0 aliphatic heterocycles. The third-order valence-corrected chi connectivity index (χ3v) is 1.28. The lowest BCUT2D eigenvalue weighted by molar-refractivity contribution is -0.0937. The van der Waals surface area contributed by atoms with Crippen LogP contribution in [0.25, 0.3) is 0 Å². The number of nitrogens with one attached hydrogen (secondary N) is 1. The molecule has 4 heteroatoms. The predicted molar refractivity (Wildman–Crippen MR) is 39.9 cm³/mol. The topological polar surface area (TPSA) is 58.1 Å². The summed E-state index contributed by atoms with van der Waals surface area (Å²) in [6.45, 7) is 2.35. The van der Waals surface area contributed by atoms with Crippen LogP contribution in [0.5, 0.6) is 0 Å². The lowest BCUT2D eigenvalue weighted by Gasteiger charge is -2.07. The second kappa shape index (κ2) is 4.10. The molecule has 0 radical (unpaired) electrons. The minimum Gasteiger partial charge on any atom is -0.368 e. The number of ether oxygens (including phenoxy) is 1. The fourth-order valence-electron chi connectivity index (χ4n) is 0.826. The molecule has 62 valence electrons. The summed E-state index contributed by atoms with van der Waals surface area (Å²) < 4.78 is 4.91. The molecule has 1 rings (SSSR count). The smallest absolute Gasteiger partial charge is 0.161 e. The number of hydrogen-bond acceptors (Lipinski definition) is 3. The van der Waals surface area contributed by atoms with E-state index >= 15 is 0 Å². The number of hydrogen-bond donors (Lipinski definition) is 2. The maximum Gasteiger partial charge on any atom is 0.161 e. The highest BCUT2D eigenvalue weighted by atomic mass is 16.6. The summed E-state index contributed by atoms with van der Waals surface area (Å²) in [6, 6.07) is 0. The monoisotopic (exact) mass is 156 g/mol. The van der Waals surface area contributed by atoms with Gasteiger partial charge in [-0.25, -0.2) is 4.98 Å². The third kappa shape index (κ3) is 2.69. The van der Waals surface area contributed by atoms with Gasteiger partial charge in [0.1, 0.15) is 5.82 Å². The Morgan fingerprint density at radius 1 is 1.82 bits per heavy atom. The Morgan fingerprint density at radius 2 is 2.64 bits per heavy atom. The second-order valence-electron chi connectivity index (χ2n) is 2.15. The maximum absolute atomic E-state index is 9.14. The van der Waals surface area contributed by atoms with E-state index < -0.39 is 6.29 Å². The number of aromatic amines is 1. The molecule has 1 unspecified atom stereocenters. The molecule has 0 saturated heterocycles. The van der Waals surface area contributed by atoms with Crippen LogP contribution in [0.2, 0.25) is 0 Å². The van der Waals surface area contributed by atoms with Gasteiger partial charge in [0.25, 0.3) is 0 Å². The van der Waals surface area contributed by atoms with Crippen LogP contribution in [0.15, 0.2) is 12.4 Å². The van der Waals surface area contributed by atoms with E-state index in [2.05, 4.69) is 9.97 Å². The summed E-state index contributed by atoms with van der Waals surface area (Å²) in [7, 11) is 0. The van der Waals surface area contributed by atoms with E-state index in [0.29, 0.717) is 13.0 Å². The Bertz CT molecular complexity index is 186. The minimum absolute atomic E-state index is 0.418. The van der Waals surface area contributed by atoms with Crippen LogP contribution in [-0.2, 0) is 11.2 Å². The van der Waals surface area contributed by atoms with E-state index in [-0.39, 0.29) is 0 Å². The van der Waals surface area contributed by atoms with Gasteiger partial charge in [0.05, 0.1) is 6.42 Å². The largest absolute Gasteiger partial charge is 0.368 e. The molecule has 2 N–H and O–H groups in total. The van der Waals surface area contributed by atoms with Gasteiger partial charge in [-0.05, 0) is 6.92 Å². The predicted octanol–water partition coefficient (Wildman–Crippen LogP) is 0.307. The van der Waals surface area contributed by atoms with Crippen molar-refractivity contribution in [1.29, 1.82) is 0 Å². The Hall–Kier alpha value is -0.870. The fourth-order valence-corrected chi connectivity index (χ4v) is 0.826. The normalized spacial score (nSPS) is 13.3. The quantitative estimate of drug-likeness (QED) is 0.617. The van der Waals surface area contributed by atoms with Crippen molar-refractivity contribution >= 4 is 0 Å². The van der Waals surface area contributed by atoms with E-state index in [4.69, 9.17) is 9.84 Å². The lowest BCUT2D eigenvalue weighted by Crippen LogP contribution is -2.15. The molecular formula is C7H12N2O2. The Morgan fingerprint density at radius 3 is 3.18 bits per heavy atom. The maximum atomic E-state index is 9.14. The molecule has 0 fully saturated rings. The number of aliphatic hydroxyl groups is 1. The van der Waals surface area contributed by atoms with Gasteiger partial charge in [0.2, 0.25) is 0 Å². The Balaban J connectivity index is 2.31. The molecule has 1 aromatic rings. The van der Waals surface area contributed by atoms with Crippen molar-refractivity contribution < 1.29 is 9.84 Å². The van der Waals surface area contributed by atoms with Crippen LogP contribution in [0.4, 0.5) is 0 Å². The van der Waals surface area contributed by atoms with E-state index in [1.807, 2.05) is 6.92 Å². The van der Waals surface area contributed by atoms with Crippen molar-refractivity contribution in [3.05, 3.63) is 18.2 Å². The SMILES string of the molecule is CCOC(O)Cc1ncc[nH]1. The zero-order valence-corrected chi connectivity index (χ0v) is 6.45. The molecule has 0 bridgehead atoms. The van der Waals surface area contributed by atoms with Gasteiger partial charge in [0, 0.05) is 19.0 Å². The molecule has 0 saturated carbocycles. The summed E-state index contributed by atoms with van der Waals surface area (Å²) in [4.78, 5) is 6.82. The van der Waals surface area contributed by atoms with Crippen molar-refractivity contribution in [3.8, 4) is 0 Å². The number of rotatable bonds is 4. The molecule has 0 aliphatic rings. The van der Waals surface area contributed by atoms with Crippen molar-refractivity contribution in [2.24, 2.45) is 0 Å². The van der Waals surface area contributed by atoms with Crippen molar-refractivity contribution in [2.75, 3.05) is 6.61 Å². The van der Waals surface area contributed by atoms with Crippen LogP contribution < -0.4 is 0 Å². The Labute approximate surface area is 65.2 Å². The zero-order chi connectivity index (χ0) is 8.10. The zero-order valence-electron chi connectivity index (χ0n) is 6.45. The molecule has 0 aromatic carbocycles. The number of nitrogens with zero attached hydrogens (tertiary/aromatic N) is 1. The molecular weight excluding hydrogens is 144 g/mol. The fraction of sp³-hybridized carbons (Fsp3) is 0.571. The molecule has 1 heterocycles. The molecule has 11 heavy (non-hydrogen) atoms. The van der Waals surface area contributed by atoms with Crippen molar-refractivity contribution in [1.82, 2.24) is 9.97 Å². The first-order chi connectivity index (χ1) is 5.33. The van der Waals surface area contributed by atoms with Crippen molar-refractivity contribution in [3.63, 3.8) is 0 Å². The highest BCUT2D eigenvalue weighted by Crippen LogP contribution is 1.96. The van der Waals surface area contributed by atoms with Gasteiger partial charge >= 0.3 is 0 Å². The van der Waals surface area contributed by atoms with E-state index in [0.717, 1.165) is 5.82 Å². The number of H-pyrrole nitrogens is 1. The van der Waals surface area contributed by atoms with E-state index in [1.165, 1.54) is 0 Å². The number of imidazole rings is 1. The Kier molecular flexibility index (Phi) is 3.07.